The van der Waals surface area contributed by atoms with E-state index in [1.807, 2.05) is 12.4 Å². The summed E-state index contributed by atoms with van der Waals surface area (Å²) in [6.07, 6.45) is 13.6. The molecule has 7 heteroatoms. The first-order valence-electron chi connectivity index (χ1n) is 17.1. The average molecular weight is 609 g/mol. The first-order chi connectivity index (χ1) is 22.6. The van der Waals surface area contributed by atoms with Crippen LogP contribution in [-0.2, 0) is 6.42 Å². The van der Waals surface area contributed by atoms with Gasteiger partial charge < -0.3 is 20.6 Å². The fourth-order valence-corrected chi connectivity index (χ4v) is 8.56. The van der Waals surface area contributed by atoms with Crippen LogP contribution in [0.3, 0.4) is 0 Å². The summed E-state index contributed by atoms with van der Waals surface area (Å²) in [5.74, 6) is 2.39. The molecule has 2 aliphatic heterocycles. The van der Waals surface area contributed by atoms with E-state index in [2.05, 4.69) is 91.2 Å². The molecule has 7 nitrogen and oxygen atoms in total. The van der Waals surface area contributed by atoms with Crippen LogP contribution in [0.2, 0.25) is 0 Å². The SMILES string of the molecule is O=C1c2c(-c3ccc(-c4cnc([C@@H]5CCCN5)[nH]4)cc3)ccc(-c3ccc(-c4cnc([C@@H]5CCCN5)[nH]4)cc3)c2CC12CCCC2. The lowest BCUT2D eigenvalue weighted by Crippen LogP contribution is -2.24. The molecule has 0 bridgehead atoms. The number of imidazole rings is 2. The summed E-state index contributed by atoms with van der Waals surface area (Å²) in [4.78, 5) is 30.7. The van der Waals surface area contributed by atoms with Crippen molar-refractivity contribution in [3.8, 4) is 44.8 Å². The Labute approximate surface area is 269 Å². The fourth-order valence-electron chi connectivity index (χ4n) is 8.56. The van der Waals surface area contributed by atoms with E-state index >= 15 is 0 Å². The summed E-state index contributed by atoms with van der Waals surface area (Å²) < 4.78 is 0. The standard InChI is InChI=1S/C39H40N6O/c46-36-35-29(25-9-13-27(14-10-25)34-23-43-38(45-34)32-6-4-20-41-32)16-15-28(30(35)21-39(36)17-1-2-18-39)24-7-11-26(12-8-24)33-22-42-37(44-33)31-5-3-19-40-31/h7-16,22-23,31-32,40-41H,1-6,17-21H2,(H,42,44)(H,43,45)/t31-,32-/m0/s1. The van der Waals surface area contributed by atoms with Crippen molar-refractivity contribution in [2.75, 3.05) is 13.1 Å². The highest BCUT2D eigenvalue weighted by atomic mass is 16.1. The number of benzene rings is 3. The Morgan fingerprint density at radius 3 is 1.63 bits per heavy atom. The maximum atomic E-state index is 14.3. The second kappa shape index (κ2) is 11.2. The second-order valence-electron chi connectivity index (χ2n) is 13.8. The van der Waals surface area contributed by atoms with Gasteiger partial charge in [0.05, 0.1) is 35.9 Å². The largest absolute Gasteiger partial charge is 0.341 e. The molecule has 3 fully saturated rings. The zero-order valence-electron chi connectivity index (χ0n) is 26.2. The quantitative estimate of drug-likeness (QED) is 0.157. The third-order valence-electron chi connectivity index (χ3n) is 11.1. The summed E-state index contributed by atoms with van der Waals surface area (Å²) in [6.45, 7) is 2.10. The Balaban J connectivity index is 1.04. The molecule has 9 rings (SSSR count). The topological polar surface area (TPSA) is 98.5 Å². The van der Waals surface area contributed by atoms with E-state index in [1.165, 1.54) is 24.0 Å². The molecule has 4 aliphatic rings. The number of Topliss-reactive ketones (excluding diaryl/α,β-unsaturated/α-hetero) is 1. The molecule has 232 valence electrons. The van der Waals surface area contributed by atoms with Crippen molar-refractivity contribution in [1.82, 2.24) is 30.6 Å². The molecule has 0 radical (unpaired) electrons. The number of fused-ring (bicyclic) bond motifs is 1. The van der Waals surface area contributed by atoms with Crippen LogP contribution in [0.1, 0.15) is 91.0 Å². The van der Waals surface area contributed by atoms with Crippen LogP contribution in [0.15, 0.2) is 73.1 Å². The highest BCUT2D eigenvalue weighted by molar-refractivity contribution is 6.11. The number of hydrogen-bond donors (Lipinski definition) is 4. The van der Waals surface area contributed by atoms with E-state index in [1.54, 1.807) is 0 Å². The van der Waals surface area contributed by atoms with Crippen LogP contribution in [0.5, 0.6) is 0 Å². The number of rotatable bonds is 6. The van der Waals surface area contributed by atoms with E-state index in [9.17, 15) is 4.79 Å². The zero-order valence-corrected chi connectivity index (χ0v) is 26.2. The summed E-state index contributed by atoms with van der Waals surface area (Å²) >= 11 is 0. The molecule has 0 unspecified atom stereocenters. The lowest BCUT2D eigenvalue weighted by Gasteiger charge is -2.20. The Bertz CT molecular complexity index is 1900. The van der Waals surface area contributed by atoms with E-state index in [4.69, 9.17) is 0 Å². The van der Waals surface area contributed by atoms with Crippen LogP contribution >= 0.6 is 0 Å². The van der Waals surface area contributed by atoms with Crippen LogP contribution in [0.25, 0.3) is 44.8 Å². The van der Waals surface area contributed by atoms with Gasteiger partial charge in [-0.05, 0) is 97.0 Å². The van der Waals surface area contributed by atoms with Gasteiger partial charge in [0, 0.05) is 11.0 Å². The van der Waals surface area contributed by atoms with E-state index < -0.39 is 0 Å². The summed E-state index contributed by atoms with van der Waals surface area (Å²) in [6, 6.07) is 22.5. The number of H-pyrrole nitrogens is 2. The van der Waals surface area contributed by atoms with Gasteiger partial charge in [-0.1, -0.05) is 73.5 Å². The minimum atomic E-state index is -0.242. The van der Waals surface area contributed by atoms with Gasteiger partial charge in [0.1, 0.15) is 11.6 Å². The summed E-state index contributed by atoms with van der Waals surface area (Å²) in [5.41, 5.74) is 10.7. The predicted molar refractivity (Wildman–Crippen MR) is 181 cm³/mol. The summed E-state index contributed by atoms with van der Waals surface area (Å²) in [7, 11) is 0. The third kappa shape index (κ3) is 4.67. The van der Waals surface area contributed by atoms with E-state index in [0.29, 0.717) is 17.9 Å². The molecule has 4 N–H and O–H groups in total. The summed E-state index contributed by atoms with van der Waals surface area (Å²) in [5, 5.41) is 7.05. The lowest BCUT2D eigenvalue weighted by molar-refractivity contribution is 0.0827. The number of carbonyl (C=O) groups excluding carboxylic acids is 1. The highest BCUT2D eigenvalue weighted by Crippen LogP contribution is 2.53. The van der Waals surface area contributed by atoms with Gasteiger partial charge in [-0.25, -0.2) is 9.97 Å². The highest BCUT2D eigenvalue weighted by Gasteiger charge is 2.48. The molecule has 3 aromatic carbocycles. The average Bonchev–Trinajstić information content (AvgIpc) is 3.93. The molecular formula is C39H40N6O. The van der Waals surface area contributed by atoms with Crippen molar-refractivity contribution >= 4 is 5.78 Å². The third-order valence-corrected chi connectivity index (χ3v) is 11.1. The molecule has 4 heterocycles. The van der Waals surface area contributed by atoms with Crippen molar-refractivity contribution in [2.24, 2.45) is 5.41 Å². The molecular weight excluding hydrogens is 568 g/mol. The molecule has 2 saturated heterocycles. The van der Waals surface area contributed by atoms with Gasteiger partial charge in [-0.3, -0.25) is 4.79 Å². The molecule has 2 aliphatic carbocycles. The number of nitrogens with one attached hydrogen (secondary N) is 4. The van der Waals surface area contributed by atoms with Crippen molar-refractivity contribution in [3.05, 3.63) is 95.8 Å². The van der Waals surface area contributed by atoms with Gasteiger partial charge in [0.15, 0.2) is 5.78 Å². The van der Waals surface area contributed by atoms with Gasteiger partial charge in [0.2, 0.25) is 0 Å². The Morgan fingerprint density at radius 2 is 1.11 bits per heavy atom. The number of carbonyl (C=O) groups is 1. The maximum absolute atomic E-state index is 14.3. The number of ketones is 1. The van der Waals surface area contributed by atoms with Crippen molar-refractivity contribution < 1.29 is 4.79 Å². The molecule has 1 saturated carbocycles. The first-order valence-corrected chi connectivity index (χ1v) is 17.1. The Morgan fingerprint density at radius 1 is 0.609 bits per heavy atom. The lowest BCUT2D eigenvalue weighted by atomic mass is 9.81. The minimum absolute atomic E-state index is 0.242. The predicted octanol–water partition coefficient (Wildman–Crippen LogP) is 7.95. The maximum Gasteiger partial charge on any atom is 0.170 e. The van der Waals surface area contributed by atoms with E-state index in [-0.39, 0.29) is 5.41 Å². The van der Waals surface area contributed by atoms with Crippen LogP contribution in [0, 0.1) is 5.41 Å². The van der Waals surface area contributed by atoms with Gasteiger partial charge in [-0.2, -0.15) is 0 Å². The Hall–Kier alpha value is -4.33. The smallest absolute Gasteiger partial charge is 0.170 e. The molecule has 0 amide bonds. The van der Waals surface area contributed by atoms with E-state index in [0.717, 1.165) is 114 Å². The van der Waals surface area contributed by atoms with Gasteiger partial charge >= 0.3 is 0 Å². The monoisotopic (exact) mass is 608 g/mol. The number of nitrogens with zero attached hydrogens (tertiary/aromatic N) is 2. The molecule has 1 spiro atoms. The van der Waals surface area contributed by atoms with Crippen LogP contribution in [0.4, 0.5) is 0 Å². The Kier molecular flexibility index (Phi) is 6.79. The fraction of sp³-hybridized carbons (Fsp3) is 0.359. The van der Waals surface area contributed by atoms with Crippen molar-refractivity contribution in [3.63, 3.8) is 0 Å². The number of aromatic amines is 2. The van der Waals surface area contributed by atoms with Crippen molar-refractivity contribution in [2.45, 2.75) is 69.9 Å². The first kappa shape index (κ1) is 27.9. The molecule has 5 aromatic rings. The van der Waals surface area contributed by atoms with Crippen LogP contribution < -0.4 is 10.6 Å². The minimum Gasteiger partial charge on any atom is -0.341 e. The molecule has 2 atom stereocenters. The second-order valence-corrected chi connectivity index (χ2v) is 13.8. The number of hydrogen-bond acceptors (Lipinski definition) is 5. The zero-order chi connectivity index (χ0) is 30.7. The molecule has 2 aromatic heterocycles. The van der Waals surface area contributed by atoms with Gasteiger partial charge in [0.25, 0.3) is 0 Å². The van der Waals surface area contributed by atoms with Crippen molar-refractivity contribution in [1.29, 1.82) is 0 Å². The normalized spacial score (nSPS) is 21.9. The van der Waals surface area contributed by atoms with Gasteiger partial charge in [-0.15, -0.1) is 0 Å². The number of aromatic nitrogens is 4. The molecule has 46 heavy (non-hydrogen) atoms. The van der Waals surface area contributed by atoms with Crippen LogP contribution in [-0.4, -0.2) is 38.8 Å².